The molecule has 2 heteroatoms. The van der Waals surface area contributed by atoms with Crippen molar-refractivity contribution in [1.29, 1.82) is 0 Å². The van der Waals surface area contributed by atoms with E-state index in [1.165, 1.54) is 122 Å². The van der Waals surface area contributed by atoms with Crippen LogP contribution in [0.3, 0.4) is 0 Å². The van der Waals surface area contributed by atoms with Crippen LogP contribution >= 0.6 is 0 Å². The second-order valence-electron chi connectivity index (χ2n) is 21.5. The topological polar surface area (TPSA) is 6.48 Å². The number of nitrogens with zero attached hydrogens (tertiary/aromatic N) is 2. The van der Waals surface area contributed by atoms with E-state index >= 15 is 0 Å². The van der Waals surface area contributed by atoms with Crippen LogP contribution in [0.5, 0.6) is 0 Å². The molecule has 69 heavy (non-hydrogen) atoms. The minimum Gasteiger partial charge on any atom is -0.310 e. The van der Waals surface area contributed by atoms with E-state index in [4.69, 9.17) is 0 Å². The lowest BCUT2D eigenvalue weighted by Gasteiger charge is -2.42. The van der Waals surface area contributed by atoms with Crippen LogP contribution in [0, 0.1) is 13.8 Å². The van der Waals surface area contributed by atoms with Crippen molar-refractivity contribution in [3.63, 3.8) is 0 Å². The van der Waals surface area contributed by atoms with Crippen molar-refractivity contribution in [2.24, 2.45) is 0 Å². The molecule has 0 bridgehead atoms. The normalized spacial score (nSPS) is 15.5. The van der Waals surface area contributed by atoms with Gasteiger partial charge in [-0.3, -0.25) is 0 Å². The summed E-state index contributed by atoms with van der Waals surface area (Å²) in [6, 6.07) is 74.0. The van der Waals surface area contributed by atoms with Gasteiger partial charge in [-0.25, -0.2) is 0 Å². The largest absolute Gasteiger partial charge is 0.310 e. The number of benzene rings is 10. The maximum absolute atomic E-state index is 2.52. The summed E-state index contributed by atoms with van der Waals surface area (Å²) in [5.41, 5.74) is 25.0. The number of rotatable bonds is 4. The molecule has 0 unspecified atom stereocenters. The first kappa shape index (κ1) is 41.5. The number of hydrogen-bond donors (Lipinski definition) is 0. The molecule has 2 nitrogen and oxygen atoms in total. The zero-order valence-electron chi connectivity index (χ0n) is 40.9. The fourth-order valence-electron chi connectivity index (χ4n) is 13.0. The van der Waals surface area contributed by atoms with Gasteiger partial charge in [0.25, 0.3) is 0 Å². The SMILES string of the molecule is Cc1cc(C)cc(-c2c3ccc(N4c5ccccc5C(C)(C)c5ccccc54)cc3c(-c3ccc4c(c3)C(C)(C)c3ccccc3-4)c3ccc(N4c5ccccc5C(C)(C)c5ccccc54)cc23)c1. The maximum Gasteiger partial charge on any atom is 0.0502 e. The van der Waals surface area contributed by atoms with Crippen molar-refractivity contribution >= 4 is 55.7 Å². The smallest absolute Gasteiger partial charge is 0.0502 e. The number of aryl methyl sites for hydroxylation is 2. The number of fused-ring (bicyclic) bond motifs is 9. The second kappa shape index (κ2) is 14.7. The molecule has 334 valence electrons. The lowest BCUT2D eigenvalue weighted by Crippen LogP contribution is -2.30. The lowest BCUT2D eigenvalue weighted by atomic mass is 9.73. The summed E-state index contributed by atoms with van der Waals surface area (Å²) in [4.78, 5) is 5.02. The van der Waals surface area contributed by atoms with Crippen LogP contribution in [-0.4, -0.2) is 0 Å². The maximum atomic E-state index is 2.52. The van der Waals surface area contributed by atoms with Gasteiger partial charge >= 0.3 is 0 Å². The molecule has 1 aliphatic carbocycles. The molecule has 0 aromatic heterocycles. The third-order valence-corrected chi connectivity index (χ3v) is 16.3. The van der Waals surface area contributed by atoms with Crippen LogP contribution in [-0.2, 0) is 16.2 Å². The summed E-state index contributed by atoms with van der Waals surface area (Å²) in [5.74, 6) is 0. The van der Waals surface area contributed by atoms with Crippen LogP contribution in [0.15, 0.2) is 194 Å². The standard InChI is InChI=1S/C67H56N2/c1-41-35-42(2)37-44(36-41)64-50-34-31-45(68-59-25-15-11-21-54(59)66(5,6)55-22-12-16-26-60(55)68)39-51(50)63(43-29-32-48-47-19-9-10-20-53(47)65(3,4)58(48)38-43)49-33-30-46(40-52(49)64)69-61-27-17-13-23-56(61)67(7,8)57-24-14-18-28-62(57)69/h9-40H,1-8H3. The van der Waals surface area contributed by atoms with E-state index in [1.807, 2.05) is 0 Å². The first-order chi connectivity index (χ1) is 33.3. The highest BCUT2D eigenvalue weighted by Crippen LogP contribution is 2.57. The molecule has 0 atom stereocenters. The molecular weight excluding hydrogens is 833 g/mol. The molecule has 2 aliphatic heterocycles. The van der Waals surface area contributed by atoms with Gasteiger partial charge < -0.3 is 9.80 Å². The van der Waals surface area contributed by atoms with Crippen LogP contribution < -0.4 is 9.80 Å². The molecule has 2 heterocycles. The van der Waals surface area contributed by atoms with Crippen molar-refractivity contribution in [3.8, 4) is 33.4 Å². The Hall–Kier alpha value is -7.68. The zero-order chi connectivity index (χ0) is 47.1. The van der Waals surface area contributed by atoms with Gasteiger partial charge in [0.1, 0.15) is 0 Å². The van der Waals surface area contributed by atoms with Crippen LogP contribution in [0.4, 0.5) is 34.1 Å². The zero-order valence-corrected chi connectivity index (χ0v) is 40.9. The van der Waals surface area contributed by atoms with Gasteiger partial charge in [0, 0.05) is 27.6 Å². The van der Waals surface area contributed by atoms with Crippen molar-refractivity contribution < 1.29 is 0 Å². The summed E-state index contributed by atoms with van der Waals surface area (Å²) in [5, 5.41) is 4.97. The summed E-state index contributed by atoms with van der Waals surface area (Å²) >= 11 is 0. The third kappa shape index (κ3) is 5.91. The predicted octanol–water partition coefficient (Wildman–Crippen LogP) is 18.5. The number of para-hydroxylation sites is 4. The highest BCUT2D eigenvalue weighted by atomic mass is 15.2. The minimum atomic E-state index is -0.157. The van der Waals surface area contributed by atoms with Crippen molar-refractivity contribution in [1.82, 2.24) is 0 Å². The van der Waals surface area contributed by atoms with Crippen LogP contribution in [0.2, 0.25) is 0 Å². The van der Waals surface area contributed by atoms with E-state index in [1.54, 1.807) is 0 Å². The number of anilines is 6. The Bertz CT molecular complexity index is 3690. The molecule has 10 aromatic rings. The van der Waals surface area contributed by atoms with Crippen LogP contribution in [0.25, 0.3) is 54.9 Å². The molecule has 0 radical (unpaired) electrons. The third-order valence-electron chi connectivity index (χ3n) is 16.3. The second-order valence-corrected chi connectivity index (χ2v) is 21.5. The Morgan fingerprint density at radius 2 is 0.667 bits per heavy atom. The lowest BCUT2D eigenvalue weighted by molar-refractivity contribution is 0.632. The van der Waals surface area contributed by atoms with E-state index in [-0.39, 0.29) is 16.2 Å². The molecular formula is C67H56N2. The van der Waals surface area contributed by atoms with E-state index in [9.17, 15) is 0 Å². The Balaban J connectivity index is 1.15. The predicted molar refractivity (Wildman–Crippen MR) is 293 cm³/mol. The summed E-state index contributed by atoms with van der Waals surface area (Å²) in [7, 11) is 0. The molecule has 0 saturated carbocycles. The molecule has 0 fully saturated rings. The average molecular weight is 889 g/mol. The monoisotopic (exact) mass is 888 g/mol. The molecule has 0 amide bonds. The van der Waals surface area contributed by atoms with Gasteiger partial charge in [0.15, 0.2) is 0 Å². The van der Waals surface area contributed by atoms with Gasteiger partial charge in [-0.05, 0) is 157 Å². The number of hydrogen-bond acceptors (Lipinski definition) is 2. The van der Waals surface area contributed by atoms with Gasteiger partial charge in [0.2, 0.25) is 0 Å². The summed E-state index contributed by atoms with van der Waals surface area (Å²) < 4.78 is 0. The fraction of sp³-hybridized carbons (Fsp3) is 0.164. The fourth-order valence-corrected chi connectivity index (χ4v) is 13.0. The quantitative estimate of drug-likeness (QED) is 0.162. The average Bonchev–Trinajstić information content (AvgIpc) is 3.58. The first-order valence-corrected chi connectivity index (χ1v) is 24.7. The molecule has 0 spiro atoms. The van der Waals surface area contributed by atoms with Crippen molar-refractivity contribution in [2.75, 3.05) is 9.80 Å². The van der Waals surface area contributed by atoms with E-state index < -0.39 is 0 Å². The van der Waals surface area contributed by atoms with Crippen molar-refractivity contribution in [2.45, 2.75) is 71.6 Å². The van der Waals surface area contributed by atoms with Crippen molar-refractivity contribution in [3.05, 3.63) is 239 Å². The van der Waals surface area contributed by atoms with Gasteiger partial charge in [-0.2, -0.15) is 0 Å². The van der Waals surface area contributed by atoms with Gasteiger partial charge in [-0.15, -0.1) is 0 Å². The Kier molecular flexibility index (Phi) is 8.82. The molecule has 3 aliphatic rings. The molecule has 0 N–H and O–H groups in total. The highest BCUT2D eigenvalue weighted by Gasteiger charge is 2.39. The Labute approximate surface area is 407 Å². The summed E-state index contributed by atoms with van der Waals surface area (Å²) in [6.45, 7) is 18.7. The van der Waals surface area contributed by atoms with Gasteiger partial charge in [-0.1, -0.05) is 192 Å². The van der Waals surface area contributed by atoms with Gasteiger partial charge in [0.05, 0.1) is 22.7 Å². The molecule has 13 rings (SSSR count). The Morgan fingerprint density at radius 3 is 1.13 bits per heavy atom. The van der Waals surface area contributed by atoms with Crippen LogP contribution in [0.1, 0.15) is 86.1 Å². The van der Waals surface area contributed by atoms with E-state index in [2.05, 4.69) is 259 Å². The van der Waals surface area contributed by atoms with E-state index in [0.29, 0.717) is 0 Å². The summed E-state index contributed by atoms with van der Waals surface area (Å²) in [6.07, 6.45) is 0. The van der Waals surface area contributed by atoms with E-state index in [0.717, 1.165) is 11.4 Å². The minimum absolute atomic E-state index is 0.151. The Morgan fingerprint density at radius 1 is 0.290 bits per heavy atom. The molecule has 0 saturated heterocycles. The highest BCUT2D eigenvalue weighted by molar-refractivity contribution is 6.23. The molecule has 10 aromatic carbocycles. The first-order valence-electron chi connectivity index (χ1n) is 24.7.